The van der Waals surface area contributed by atoms with Crippen molar-refractivity contribution < 1.29 is 18.1 Å². The summed E-state index contributed by atoms with van der Waals surface area (Å²) < 4.78 is 27.4. The highest BCUT2D eigenvalue weighted by atomic mass is 32.2. The zero-order chi connectivity index (χ0) is 21.7. The van der Waals surface area contributed by atoms with Crippen LogP contribution in [0.25, 0.3) is 0 Å². The van der Waals surface area contributed by atoms with E-state index in [-0.39, 0.29) is 5.91 Å². The van der Waals surface area contributed by atoms with Crippen molar-refractivity contribution in [3.8, 4) is 0 Å². The standard InChI is InChI=1S/C23H31N3O3S/c1-19(2)21-9-11-22(12-10-21)30(28,29)26-15-13-25(14-16-26)18-23(27)24(3)17-20-7-5-4-6-8-20/h4-12,19H,13-18H2,1-3H3/p+1. The van der Waals surface area contributed by atoms with Gasteiger partial charge in [0.1, 0.15) is 0 Å². The molecule has 0 saturated carbocycles. The monoisotopic (exact) mass is 430 g/mol. The van der Waals surface area contributed by atoms with Gasteiger partial charge in [0, 0.05) is 13.6 Å². The first-order valence-corrected chi connectivity index (χ1v) is 11.9. The molecule has 30 heavy (non-hydrogen) atoms. The fraction of sp³-hybridized carbons (Fsp3) is 0.435. The van der Waals surface area contributed by atoms with E-state index in [1.807, 2.05) is 49.5 Å². The zero-order valence-electron chi connectivity index (χ0n) is 18.0. The number of nitrogens with one attached hydrogen (secondary N) is 1. The molecule has 162 valence electrons. The van der Waals surface area contributed by atoms with E-state index in [0.717, 1.165) is 16.0 Å². The number of sulfonamides is 1. The summed E-state index contributed by atoms with van der Waals surface area (Å²) in [5.41, 5.74) is 2.23. The third-order valence-corrected chi connectivity index (χ3v) is 7.62. The topological polar surface area (TPSA) is 62.1 Å². The summed E-state index contributed by atoms with van der Waals surface area (Å²) in [7, 11) is -1.67. The van der Waals surface area contributed by atoms with E-state index >= 15 is 0 Å². The molecular formula is C23H32N3O3S+. The van der Waals surface area contributed by atoms with Gasteiger partial charge in [0.2, 0.25) is 10.0 Å². The van der Waals surface area contributed by atoms with Crippen molar-refractivity contribution in [2.75, 3.05) is 39.8 Å². The number of amides is 1. The summed E-state index contributed by atoms with van der Waals surface area (Å²) in [4.78, 5) is 15.8. The van der Waals surface area contributed by atoms with Crippen molar-refractivity contribution in [2.45, 2.75) is 31.2 Å². The second kappa shape index (κ2) is 9.73. The van der Waals surface area contributed by atoms with E-state index in [0.29, 0.717) is 50.1 Å². The Labute approximate surface area is 180 Å². The summed E-state index contributed by atoms with van der Waals surface area (Å²) in [6.07, 6.45) is 0. The number of carbonyl (C=O) groups excluding carboxylic acids is 1. The molecule has 0 spiro atoms. The maximum absolute atomic E-state index is 13.0. The maximum Gasteiger partial charge on any atom is 0.277 e. The van der Waals surface area contributed by atoms with Crippen LogP contribution < -0.4 is 4.90 Å². The molecule has 1 heterocycles. The van der Waals surface area contributed by atoms with Crippen molar-refractivity contribution in [3.05, 3.63) is 65.7 Å². The Balaban J connectivity index is 1.53. The zero-order valence-corrected chi connectivity index (χ0v) is 18.9. The maximum atomic E-state index is 13.0. The summed E-state index contributed by atoms with van der Waals surface area (Å²) in [6.45, 7) is 7.27. The molecule has 0 atom stereocenters. The molecule has 0 aromatic heterocycles. The van der Waals surface area contributed by atoms with Crippen molar-refractivity contribution >= 4 is 15.9 Å². The number of benzene rings is 2. The van der Waals surface area contributed by atoms with Gasteiger partial charge >= 0.3 is 0 Å². The SMILES string of the molecule is CC(C)c1ccc(S(=O)(=O)N2CC[NH+](CC(=O)N(C)Cc3ccccc3)CC2)cc1. The van der Waals surface area contributed by atoms with Crippen LogP contribution in [-0.4, -0.2) is 63.3 Å². The average molecular weight is 431 g/mol. The number of rotatable bonds is 7. The van der Waals surface area contributed by atoms with E-state index in [9.17, 15) is 13.2 Å². The molecule has 1 N–H and O–H groups in total. The van der Waals surface area contributed by atoms with Crippen LogP contribution in [0, 0.1) is 0 Å². The van der Waals surface area contributed by atoms with Gasteiger partial charge in [-0.25, -0.2) is 8.42 Å². The number of hydrogen-bond acceptors (Lipinski definition) is 3. The minimum atomic E-state index is -3.49. The molecule has 0 aliphatic carbocycles. The highest BCUT2D eigenvalue weighted by molar-refractivity contribution is 7.89. The van der Waals surface area contributed by atoms with Gasteiger partial charge in [0.15, 0.2) is 6.54 Å². The molecule has 0 radical (unpaired) electrons. The number of hydrogen-bond donors (Lipinski definition) is 1. The minimum absolute atomic E-state index is 0.0782. The van der Waals surface area contributed by atoms with Gasteiger partial charge < -0.3 is 9.80 Å². The first-order valence-electron chi connectivity index (χ1n) is 10.5. The van der Waals surface area contributed by atoms with Gasteiger partial charge in [0.25, 0.3) is 5.91 Å². The second-order valence-electron chi connectivity index (χ2n) is 8.29. The Kier molecular flexibility index (Phi) is 7.28. The van der Waals surface area contributed by atoms with Gasteiger partial charge in [-0.2, -0.15) is 4.31 Å². The van der Waals surface area contributed by atoms with Crippen LogP contribution in [0.5, 0.6) is 0 Å². The van der Waals surface area contributed by atoms with Crippen LogP contribution in [0.4, 0.5) is 0 Å². The molecule has 1 amide bonds. The number of likely N-dealkylation sites (N-methyl/N-ethyl adjacent to an activating group) is 1. The van der Waals surface area contributed by atoms with Gasteiger partial charge in [-0.15, -0.1) is 0 Å². The third kappa shape index (κ3) is 5.47. The lowest BCUT2D eigenvalue weighted by Gasteiger charge is -2.32. The van der Waals surface area contributed by atoms with Crippen molar-refractivity contribution in [3.63, 3.8) is 0 Å². The summed E-state index contributed by atoms with van der Waals surface area (Å²) in [5, 5.41) is 0. The second-order valence-corrected chi connectivity index (χ2v) is 10.2. The van der Waals surface area contributed by atoms with Crippen molar-refractivity contribution in [1.29, 1.82) is 0 Å². The van der Waals surface area contributed by atoms with Gasteiger partial charge in [-0.05, 0) is 29.2 Å². The lowest BCUT2D eigenvalue weighted by Crippen LogP contribution is -3.15. The molecule has 2 aromatic carbocycles. The fourth-order valence-corrected chi connectivity index (χ4v) is 5.13. The molecule has 6 nitrogen and oxygen atoms in total. The Hall–Kier alpha value is -2.22. The number of quaternary nitrogens is 1. The number of nitrogens with zero attached hydrogens (tertiary/aromatic N) is 2. The Morgan fingerprint density at radius 3 is 2.20 bits per heavy atom. The van der Waals surface area contributed by atoms with E-state index in [2.05, 4.69) is 13.8 Å². The molecule has 3 rings (SSSR count). The lowest BCUT2D eigenvalue weighted by molar-refractivity contribution is -0.896. The lowest BCUT2D eigenvalue weighted by atomic mass is 10.0. The molecule has 1 saturated heterocycles. The summed E-state index contributed by atoms with van der Waals surface area (Å²) >= 11 is 0. The Morgan fingerprint density at radius 1 is 1.03 bits per heavy atom. The molecular weight excluding hydrogens is 398 g/mol. The quantitative estimate of drug-likeness (QED) is 0.722. The summed E-state index contributed by atoms with van der Waals surface area (Å²) in [6, 6.07) is 17.1. The van der Waals surface area contributed by atoms with Crippen LogP contribution in [0.15, 0.2) is 59.5 Å². The van der Waals surface area contributed by atoms with Gasteiger partial charge in [0.05, 0.1) is 31.1 Å². The third-order valence-electron chi connectivity index (χ3n) is 5.70. The van der Waals surface area contributed by atoms with Gasteiger partial charge in [-0.3, -0.25) is 4.79 Å². The predicted molar refractivity (Wildman–Crippen MR) is 118 cm³/mol. The highest BCUT2D eigenvalue weighted by Gasteiger charge is 2.31. The van der Waals surface area contributed by atoms with Crippen LogP contribution in [0.1, 0.15) is 30.9 Å². The Morgan fingerprint density at radius 2 is 1.63 bits per heavy atom. The van der Waals surface area contributed by atoms with Crippen LogP contribution in [-0.2, 0) is 21.4 Å². The minimum Gasteiger partial charge on any atom is -0.337 e. The van der Waals surface area contributed by atoms with E-state index in [1.165, 1.54) is 0 Å². The van der Waals surface area contributed by atoms with E-state index in [4.69, 9.17) is 0 Å². The number of carbonyl (C=O) groups is 1. The highest BCUT2D eigenvalue weighted by Crippen LogP contribution is 2.20. The molecule has 0 unspecified atom stereocenters. The fourth-order valence-electron chi connectivity index (χ4n) is 3.69. The number of piperazine rings is 1. The first kappa shape index (κ1) is 22.5. The molecule has 1 fully saturated rings. The van der Waals surface area contributed by atoms with E-state index in [1.54, 1.807) is 21.3 Å². The molecule has 0 bridgehead atoms. The Bertz CT molecular complexity index is 935. The average Bonchev–Trinajstić information content (AvgIpc) is 2.75. The first-order chi connectivity index (χ1) is 14.3. The summed E-state index contributed by atoms with van der Waals surface area (Å²) in [5.74, 6) is 0.445. The normalized spacial score (nSPS) is 16.0. The molecule has 7 heteroatoms. The molecule has 1 aliphatic rings. The van der Waals surface area contributed by atoms with Crippen LogP contribution in [0.3, 0.4) is 0 Å². The molecule has 2 aromatic rings. The smallest absolute Gasteiger partial charge is 0.277 e. The predicted octanol–water partition coefficient (Wildman–Crippen LogP) is 1.36. The van der Waals surface area contributed by atoms with Crippen LogP contribution >= 0.6 is 0 Å². The largest absolute Gasteiger partial charge is 0.337 e. The van der Waals surface area contributed by atoms with Gasteiger partial charge in [-0.1, -0.05) is 56.3 Å². The van der Waals surface area contributed by atoms with Crippen molar-refractivity contribution in [2.24, 2.45) is 0 Å². The molecule has 1 aliphatic heterocycles. The van der Waals surface area contributed by atoms with Crippen LogP contribution in [0.2, 0.25) is 0 Å². The van der Waals surface area contributed by atoms with Crippen molar-refractivity contribution in [1.82, 2.24) is 9.21 Å². The van der Waals surface area contributed by atoms with E-state index < -0.39 is 10.0 Å².